The van der Waals surface area contributed by atoms with Crippen molar-refractivity contribution in [3.63, 3.8) is 0 Å². The second-order valence-electron chi connectivity index (χ2n) is 3.40. The van der Waals surface area contributed by atoms with Gasteiger partial charge in [0.1, 0.15) is 11.4 Å². The quantitative estimate of drug-likeness (QED) is 0.894. The molecular formula is C10H7BrF2N4O2. The molecule has 0 aliphatic carbocycles. The van der Waals surface area contributed by atoms with Crippen molar-refractivity contribution >= 4 is 21.8 Å². The van der Waals surface area contributed by atoms with Gasteiger partial charge in [0, 0.05) is 10.0 Å². The van der Waals surface area contributed by atoms with Crippen LogP contribution >= 0.6 is 15.9 Å². The highest BCUT2D eigenvalue weighted by Crippen LogP contribution is 2.33. The van der Waals surface area contributed by atoms with E-state index in [-0.39, 0.29) is 22.7 Å². The van der Waals surface area contributed by atoms with Crippen molar-refractivity contribution in [1.29, 1.82) is 0 Å². The van der Waals surface area contributed by atoms with Crippen LogP contribution in [0.4, 0.5) is 8.78 Å². The van der Waals surface area contributed by atoms with Gasteiger partial charge >= 0.3 is 6.61 Å². The van der Waals surface area contributed by atoms with Crippen LogP contribution in [-0.2, 0) is 0 Å². The maximum atomic E-state index is 12.3. The van der Waals surface area contributed by atoms with E-state index >= 15 is 0 Å². The third kappa shape index (κ3) is 2.87. The lowest BCUT2D eigenvalue weighted by molar-refractivity contribution is -0.0494. The molecule has 0 fully saturated rings. The number of nitrogens with zero attached hydrogens (tertiary/aromatic N) is 2. The van der Waals surface area contributed by atoms with Crippen molar-refractivity contribution in [3.8, 4) is 17.0 Å². The molecule has 1 heterocycles. The second-order valence-corrected chi connectivity index (χ2v) is 4.32. The Hall–Kier alpha value is -2.03. The van der Waals surface area contributed by atoms with Crippen LogP contribution in [0.2, 0.25) is 0 Å². The molecule has 1 amide bonds. The average Bonchev–Trinajstić information content (AvgIpc) is 2.79. The smallest absolute Gasteiger partial charge is 0.387 e. The van der Waals surface area contributed by atoms with Gasteiger partial charge in [0.25, 0.3) is 5.91 Å². The summed E-state index contributed by atoms with van der Waals surface area (Å²) in [6.07, 6.45) is 0. The normalized spacial score (nSPS) is 10.7. The van der Waals surface area contributed by atoms with E-state index in [1.165, 1.54) is 18.2 Å². The predicted molar refractivity (Wildman–Crippen MR) is 64.7 cm³/mol. The Balaban J connectivity index is 2.56. The lowest BCUT2D eigenvalue weighted by Crippen LogP contribution is -2.13. The first-order valence-corrected chi connectivity index (χ1v) is 5.73. The van der Waals surface area contributed by atoms with Gasteiger partial charge in [0.15, 0.2) is 5.69 Å². The van der Waals surface area contributed by atoms with Gasteiger partial charge in [0.2, 0.25) is 0 Å². The number of benzene rings is 1. The molecule has 2 aromatic rings. The monoisotopic (exact) mass is 332 g/mol. The van der Waals surface area contributed by atoms with Crippen LogP contribution in [0.3, 0.4) is 0 Å². The predicted octanol–water partition coefficient (Wildman–Crippen LogP) is 1.93. The number of alkyl halides is 2. The number of hydrogen-bond acceptors (Lipinski definition) is 4. The van der Waals surface area contributed by atoms with Crippen molar-refractivity contribution in [1.82, 2.24) is 15.4 Å². The molecular weight excluding hydrogens is 326 g/mol. The number of rotatable bonds is 4. The Bertz CT molecular complexity index is 617. The third-order valence-corrected chi connectivity index (χ3v) is 2.69. The fraction of sp³-hybridized carbons (Fsp3) is 0.100. The number of amides is 1. The molecule has 0 aliphatic heterocycles. The number of aromatic nitrogens is 3. The number of nitrogens with two attached hydrogens (primary N) is 1. The number of ether oxygens (including phenoxy) is 1. The molecule has 0 aliphatic rings. The molecule has 3 N–H and O–H groups in total. The van der Waals surface area contributed by atoms with Crippen LogP contribution in [-0.4, -0.2) is 27.9 Å². The molecule has 6 nitrogen and oxygen atoms in total. The molecule has 0 spiro atoms. The summed E-state index contributed by atoms with van der Waals surface area (Å²) in [6.45, 7) is -3.00. The lowest BCUT2D eigenvalue weighted by atomic mass is 10.1. The largest absolute Gasteiger partial charge is 0.434 e. The highest BCUT2D eigenvalue weighted by atomic mass is 79.9. The Morgan fingerprint density at radius 3 is 2.79 bits per heavy atom. The molecule has 0 saturated heterocycles. The third-order valence-electron chi connectivity index (χ3n) is 2.19. The molecule has 100 valence electrons. The number of halogens is 3. The van der Waals surface area contributed by atoms with Crippen molar-refractivity contribution < 1.29 is 18.3 Å². The Kier molecular flexibility index (Phi) is 3.74. The SMILES string of the molecule is NC(=O)c1n[nH]nc1-c1cc(Br)ccc1OC(F)F. The Morgan fingerprint density at radius 1 is 1.42 bits per heavy atom. The van der Waals surface area contributed by atoms with Crippen LogP contribution in [0, 0.1) is 0 Å². The molecule has 0 atom stereocenters. The van der Waals surface area contributed by atoms with Gasteiger partial charge in [0.05, 0.1) is 0 Å². The van der Waals surface area contributed by atoms with E-state index < -0.39 is 12.5 Å². The van der Waals surface area contributed by atoms with Crippen LogP contribution < -0.4 is 10.5 Å². The minimum Gasteiger partial charge on any atom is -0.434 e. The van der Waals surface area contributed by atoms with Gasteiger partial charge in [-0.2, -0.15) is 24.2 Å². The van der Waals surface area contributed by atoms with Crippen molar-refractivity contribution in [3.05, 3.63) is 28.4 Å². The molecule has 0 radical (unpaired) electrons. The molecule has 1 aromatic carbocycles. The number of primary amides is 1. The summed E-state index contributed by atoms with van der Waals surface area (Å²) in [5, 5.41) is 9.53. The molecule has 0 bridgehead atoms. The summed E-state index contributed by atoms with van der Waals surface area (Å²) in [7, 11) is 0. The summed E-state index contributed by atoms with van der Waals surface area (Å²) < 4.78 is 29.6. The van der Waals surface area contributed by atoms with E-state index in [4.69, 9.17) is 5.73 Å². The molecule has 19 heavy (non-hydrogen) atoms. The van der Waals surface area contributed by atoms with Crippen LogP contribution in [0.15, 0.2) is 22.7 Å². The molecule has 9 heteroatoms. The maximum Gasteiger partial charge on any atom is 0.387 e. The van der Waals surface area contributed by atoms with Crippen molar-refractivity contribution in [2.45, 2.75) is 6.61 Å². The van der Waals surface area contributed by atoms with Gasteiger partial charge in [-0.1, -0.05) is 15.9 Å². The summed E-state index contributed by atoms with van der Waals surface area (Å²) >= 11 is 3.19. The molecule has 1 aromatic heterocycles. The highest BCUT2D eigenvalue weighted by molar-refractivity contribution is 9.10. The molecule has 0 unspecified atom stereocenters. The standard InChI is InChI=1S/C10H7BrF2N4O2/c11-4-1-2-6(19-10(12)13)5(3-4)7-8(9(14)18)16-17-15-7/h1-3,10H,(H2,14,18)(H,15,16,17). The first kappa shape index (κ1) is 13.4. The van der Waals surface area contributed by atoms with Gasteiger partial charge in [-0.05, 0) is 18.2 Å². The van der Waals surface area contributed by atoms with E-state index in [0.717, 1.165) is 0 Å². The van der Waals surface area contributed by atoms with Crippen LogP contribution in [0.1, 0.15) is 10.5 Å². The van der Waals surface area contributed by atoms with E-state index in [1.807, 2.05) is 0 Å². The topological polar surface area (TPSA) is 93.9 Å². The minimum atomic E-state index is -3.00. The van der Waals surface area contributed by atoms with E-state index in [2.05, 4.69) is 36.1 Å². The zero-order chi connectivity index (χ0) is 14.0. The summed E-state index contributed by atoms with van der Waals surface area (Å²) in [6, 6.07) is 4.32. The van der Waals surface area contributed by atoms with Gasteiger partial charge in [-0.25, -0.2) is 0 Å². The van der Waals surface area contributed by atoms with Crippen LogP contribution in [0.25, 0.3) is 11.3 Å². The fourth-order valence-electron chi connectivity index (χ4n) is 1.48. The highest BCUT2D eigenvalue weighted by Gasteiger charge is 2.20. The number of carbonyl (C=O) groups is 1. The van der Waals surface area contributed by atoms with Gasteiger partial charge < -0.3 is 10.5 Å². The fourth-order valence-corrected chi connectivity index (χ4v) is 1.84. The first-order chi connectivity index (χ1) is 8.99. The number of nitrogens with one attached hydrogen (secondary N) is 1. The maximum absolute atomic E-state index is 12.3. The van der Waals surface area contributed by atoms with Gasteiger partial charge in [-0.3, -0.25) is 4.79 Å². The minimum absolute atomic E-state index is 0.0458. The molecule has 2 rings (SSSR count). The number of hydrogen-bond donors (Lipinski definition) is 2. The number of H-pyrrole nitrogens is 1. The Labute approximate surface area is 114 Å². The average molecular weight is 333 g/mol. The first-order valence-electron chi connectivity index (χ1n) is 4.94. The number of carbonyl (C=O) groups excluding carboxylic acids is 1. The van der Waals surface area contributed by atoms with Gasteiger partial charge in [-0.15, -0.1) is 0 Å². The van der Waals surface area contributed by atoms with Crippen molar-refractivity contribution in [2.24, 2.45) is 5.73 Å². The van der Waals surface area contributed by atoms with E-state index in [0.29, 0.717) is 4.47 Å². The molecule has 0 saturated carbocycles. The number of aromatic amines is 1. The summed E-state index contributed by atoms with van der Waals surface area (Å²) in [5.74, 6) is -0.957. The summed E-state index contributed by atoms with van der Waals surface area (Å²) in [5.41, 5.74) is 5.19. The zero-order valence-electron chi connectivity index (χ0n) is 9.23. The summed E-state index contributed by atoms with van der Waals surface area (Å²) in [4.78, 5) is 11.2. The van der Waals surface area contributed by atoms with Crippen molar-refractivity contribution in [2.75, 3.05) is 0 Å². The van der Waals surface area contributed by atoms with E-state index in [9.17, 15) is 13.6 Å². The Morgan fingerprint density at radius 2 is 2.16 bits per heavy atom. The lowest BCUT2D eigenvalue weighted by Gasteiger charge is -2.09. The zero-order valence-corrected chi connectivity index (χ0v) is 10.8. The van der Waals surface area contributed by atoms with E-state index in [1.54, 1.807) is 0 Å². The second kappa shape index (κ2) is 5.31. The van der Waals surface area contributed by atoms with Crippen LogP contribution in [0.5, 0.6) is 5.75 Å².